The molecule has 2 heterocycles. The minimum atomic E-state index is -1.70. The second-order valence-corrected chi connectivity index (χ2v) is 16.1. The lowest BCUT2D eigenvalue weighted by Gasteiger charge is -2.39. The van der Waals surface area contributed by atoms with Crippen LogP contribution in [0.15, 0.2) is 126 Å². The van der Waals surface area contributed by atoms with Crippen LogP contribution in [0.3, 0.4) is 0 Å². The fourth-order valence-corrected chi connectivity index (χ4v) is 9.06. The fourth-order valence-electron chi connectivity index (χ4n) is 7.30. The van der Waals surface area contributed by atoms with E-state index in [0.29, 0.717) is 17.1 Å². The van der Waals surface area contributed by atoms with Crippen LogP contribution < -0.4 is 20.5 Å². The highest BCUT2D eigenvalue weighted by molar-refractivity contribution is 7.44. The minimum absolute atomic E-state index is 0.0201. The van der Waals surface area contributed by atoms with Gasteiger partial charge < -0.3 is 33.3 Å². The van der Waals surface area contributed by atoms with Crippen LogP contribution >= 0.6 is 8.53 Å². The zero-order chi connectivity index (χ0) is 42.6. The van der Waals surface area contributed by atoms with E-state index in [2.05, 4.69) is 48.7 Å². The van der Waals surface area contributed by atoms with Crippen molar-refractivity contribution >= 4 is 20.3 Å². The Bertz CT molecular complexity index is 2180. The zero-order valence-corrected chi connectivity index (χ0v) is 35.7. The highest BCUT2D eigenvalue weighted by atomic mass is 31.2. The SMILES string of the molecule is COc1ccc(C(O[13CH2][13C@H]2O[13C@@H]([15n]3[13cH][13cH][13c]([15NH]C(=O)c4ccccc4)[15n][13c]3=O)[13CH2][13C@@H]2OP(OCCC#N)N(C(C)C)C(C)C)(c2ccccc2)c2ccc(OC)cc2)cc1. The number of nitriles is 1. The third-order valence-corrected chi connectivity index (χ3v) is 12.3. The van der Waals surface area contributed by atoms with Crippen LogP contribution in [0.4, 0.5) is 5.82 Å². The Morgan fingerprint density at radius 1 is 0.883 bits per heavy atom. The molecule has 0 radical (unpaired) electrons. The van der Waals surface area contributed by atoms with Crippen LogP contribution in [0.1, 0.15) is 73.8 Å². The first-order valence-electron chi connectivity index (χ1n) is 19.9. The van der Waals surface area contributed by atoms with Gasteiger partial charge in [0, 0.05) is 30.3 Å². The van der Waals surface area contributed by atoms with E-state index in [-0.39, 0.29) is 49.9 Å². The number of rotatable bonds is 19. The molecule has 1 saturated heterocycles. The normalized spacial score (nSPS) is 17.1. The first kappa shape index (κ1) is 44.1. The van der Waals surface area contributed by atoms with Gasteiger partial charge in [0.15, 0.2) is 0 Å². The quantitative estimate of drug-likeness (QED) is 0.0281. The van der Waals surface area contributed by atoms with E-state index in [9.17, 15) is 14.9 Å². The maximum Gasteiger partial charge on any atom is 0.351 e. The second kappa shape index (κ2) is 20.7. The number of carbonyl (C=O) groups excluding carboxylic acids is 1. The number of methoxy groups -OCH3 is 2. The molecule has 4 aromatic carbocycles. The number of amides is 1. The van der Waals surface area contributed by atoms with Gasteiger partial charge >= 0.3 is 5.69 Å². The van der Waals surface area contributed by atoms with Crippen LogP contribution in [-0.2, 0) is 24.1 Å². The van der Waals surface area contributed by atoms with Crippen molar-refractivity contribution in [2.75, 3.05) is 32.8 Å². The highest BCUT2D eigenvalue weighted by Crippen LogP contribution is 2.50. The van der Waals surface area contributed by atoms with Crippen LogP contribution in [0.5, 0.6) is 11.5 Å². The molecule has 1 aromatic heterocycles. The molecule has 1 aliphatic rings. The molecule has 1 unspecified atom stereocenters. The number of nitrogens with one attached hydrogen (secondary N) is 1. The molecule has 1 fully saturated rings. The summed E-state index contributed by atoms with van der Waals surface area (Å²) in [5.41, 5.74) is 1.22. The largest absolute Gasteiger partial charge is 0.497 e. The summed E-state index contributed by atoms with van der Waals surface area (Å²) in [4.78, 5) is 30.7. The van der Waals surface area contributed by atoms with Crippen molar-refractivity contribution in [3.05, 3.63) is 154 Å². The average molecular weight is 846 g/mol. The van der Waals surface area contributed by atoms with Crippen molar-refractivity contribution in [3.63, 3.8) is 0 Å². The molecule has 4 atom stereocenters. The van der Waals surface area contributed by atoms with Gasteiger partial charge in [0.25, 0.3) is 14.4 Å². The lowest BCUT2D eigenvalue weighted by Crippen LogP contribution is -2.39. The third kappa shape index (κ3) is 10.3. The number of aromatic nitrogens is 2. The Morgan fingerprint density at radius 3 is 1.98 bits per heavy atom. The second-order valence-electron chi connectivity index (χ2n) is 14.7. The summed E-state index contributed by atoms with van der Waals surface area (Å²) in [5.74, 6) is 1.12. The number of ether oxygens (including phenoxy) is 4. The first-order chi connectivity index (χ1) is 29.1. The van der Waals surface area contributed by atoms with Crippen LogP contribution in [0.25, 0.3) is 0 Å². The van der Waals surface area contributed by atoms with Crippen molar-refractivity contribution in [2.24, 2.45) is 0 Å². The molecule has 14 heteroatoms. The predicted molar refractivity (Wildman–Crippen MR) is 230 cm³/mol. The van der Waals surface area contributed by atoms with Gasteiger partial charge in [-0.15, -0.1) is 0 Å². The molecule has 1 amide bonds. The van der Waals surface area contributed by atoms with Crippen molar-refractivity contribution in [1.29, 1.82) is 5.26 Å². The summed E-state index contributed by atoms with van der Waals surface area (Å²) >= 11 is 0. The number of carbonyl (C=O) groups is 1. The van der Waals surface area contributed by atoms with E-state index in [1.165, 1.54) is 4.57 Å². The Morgan fingerprint density at radius 2 is 1.45 bits per heavy atom. The molecular weight excluding hydrogens is 793 g/mol. The number of anilines is 1. The van der Waals surface area contributed by atoms with E-state index in [1.54, 1.807) is 50.7 Å². The summed E-state index contributed by atoms with van der Waals surface area (Å²) < 4.78 is 41.9. The molecule has 13 nitrogen and oxygen atoms in total. The lowest BCUT2D eigenvalue weighted by atomic mass is 9.80. The summed E-state index contributed by atoms with van der Waals surface area (Å²) in [6.07, 6.45) is -0.153. The number of benzene rings is 4. The molecule has 0 spiro atoms. The number of hydrogen-bond donors (Lipinski definition) is 1. The molecule has 0 saturated carbocycles. The van der Waals surface area contributed by atoms with Crippen LogP contribution in [0.2, 0.25) is 0 Å². The topological polar surface area (TPSA) is 146 Å². The molecule has 1 aliphatic heterocycles. The molecule has 1 N–H and O–H groups in total. The smallest absolute Gasteiger partial charge is 0.351 e. The first-order valence-corrected chi connectivity index (χ1v) is 21.1. The Kier molecular flexibility index (Phi) is 15.2. The third-order valence-electron chi connectivity index (χ3n) is 10.1. The Balaban J connectivity index is 1.39. The summed E-state index contributed by atoms with van der Waals surface area (Å²) in [5, 5.41) is 12.1. The van der Waals surface area contributed by atoms with Gasteiger partial charge in [0.05, 0.1) is 46.0 Å². The van der Waals surface area contributed by atoms with Crippen molar-refractivity contribution in [2.45, 2.75) is 76.7 Å². The highest BCUT2D eigenvalue weighted by Gasteiger charge is 2.45. The molecule has 5 aromatic rings. The van der Waals surface area contributed by atoms with Gasteiger partial charge in [-0.25, -0.2) is 9.46 Å². The van der Waals surface area contributed by atoms with Gasteiger partial charge in [-0.3, -0.25) is 9.36 Å². The average Bonchev–Trinajstić information content (AvgIpc) is 3.66. The molecule has 0 bridgehead atoms. The van der Waals surface area contributed by atoms with Gasteiger partial charge in [0.2, 0.25) is 0 Å². The summed E-state index contributed by atoms with van der Waals surface area (Å²) in [6, 6.07) is 38.0. The maximum atomic E-state index is 13.7. The number of hydrogen-bond acceptors (Lipinski definition) is 11. The van der Waals surface area contributed by atoms with Gasteiger partial charge in [0.1, 0.15) is 35.2 Å². The van der Waals surface area contributed by atoms with Gasteiger partial charge in [-0.2, -0.15) is 10.2 Å². The number of nitrogens with zero attached hydrogens (tertiary/aromatic N) is 4. The zero-order valence-electron chi connectivity index (χ0n) is 34.8. The van der Waals surface area contributed by atoms with E-state index < -0.39 is 38.3 Å². The molecular formula is C46H52N5O8P. The van der Waals surface area contributed by atoms with Crippen molar-refractivity contribution in [1.82, 2.24) is 14.2 Å². The summed E-state index contributed by atoms with van der Waals surface area (Å²) in [6.45, 7) is 8.49. The van der Waals surface area contributed by atoms with Gasteiger partial charge in [-0.1, -0.05) is 72.8 Å². The molecule has 0 aliphatic carbocycles. The molecule has 314 valence electrons. The lowest BCUT2D eigenvalue weighted by molar-refractivity contribution is -0.0925. The predicted octanol–water partition coefficient (Wildman–Crippen LogP) is 8.47. The summed E-state index contributed by atoms with van der Waals surface area (Å²) in [7, 11) is 1.55. The van der Waals surface area contributed by atoms with E-state index >= 15 is 0 Å². The Labute approximate surface area is 352 Å². The standard InChI is InChI=1S/C46H52N5O8P/c1-32(2)51(33(3)4)60(57-29-13-27-47)59-40-30-43(50-28-26-42(49-45(50)53)48-44(52)34-14-9-7-10-15-34)58-41(40)31-56-46(35-16-11-8-12-17-35,36-18-22-38(54-5)23-19-36)37-20-24-39(55-6)25-21-37/h7-12,14-26,28,32-33,40-41,43H,13,29-31H2,1-6H3,(H,48,49,52,53)/t40-,41+,43+,60?/m0/s1/i26+1,28+1,30+1,31+1,40+1,41+1,42+1,43+1,45+1,48+1,49+1,50+1. The molecule has 6 rings (SSSR count). The van der Waals surface area contributed by atoms with Crippen LogP contribution in [-0.4, -0.2) is 71.9 Å². The van der Waals surface area contributed by atoms with Crippen molar-refractivity contribution in [3.8, 4) is 17.6 Å². The molecule has 60 heavy (non-hydrogen) atoms. The van der Waals surface area contributed by atoms with E-state index in [4.69, 9.17) is 28.0 Å². The van der Waals surface area contributed by atoms with Crippen LogP contribution in [0, 0.1) is 11.3 Å². The maximum absolute atomic E-state index is 13.7. The van der Waals surface area contributed by atoms with Crippen molar-refractivity contribution < 1.29 is 32.8 Å². The van der Waals surface area contributed by atoms with E-state index in [1.807, 2.05) is 84.9 Å². The Hall–Kier alpha value is -5.45. The fraction of sp³-hybridized carbons (Fsp3) is 0.348. The minimum Gasteiger partial charge on any atom is -0.497 e. The van der Waals surface area contributed by atoms with E-state index in [0.717, 1.165) is 16.7 Å². The van der Waals surface area contributed by atoms with Gasteiger partial charge in [-0.05, 0) is 86.8 Å². The monoisotopic (exact) mass is 845 g/mol.